The summed E-state index contributed by atoms with van der Waals surface area (Å²) in [7, 11) is 0. The Kier molecular flexibility index (Phi) is 6.50. The van der Waals surface area contributed by atoms with Gasteiger partial charge in [-0.3, -0.25) is 4.79 Å². The topological polar surface area (TPSA) is 55.4 Å². The van der Waals surface area contributed by atoms with E-state index in [-0.39, 0.29) is 5.91 Å². The second-order valence-electron chi connectivity index (χ2n) is 7.62. The minimum absolute atomic E-state index is 0.318. The smallest absolute Gasteiger partial charge is 0.338 e. The van der Waals surface area contributed by atoms with Crippen molar-refractivity contribution in [3.05, 3.63) is 64.7 Å². The van der Waals surface area contributed by atoms with Crippen LogP contribution in [0.3, 0.4) is 0 Å². The standard InChI is InChI=1S/C24H29NO3/c1-4-16(2)21-11-7-8-12-22(21)25-23(26)17(3)28-24(27)20-14-13-18-9-5-6-10-19(18)15-20/h7-8,11-17H,4-6,9-10H2,1-3H3,(H,25,26)/t16-,17+/m0/s1. The van der Waals surface area contributed by atoms with Crippen LogP contribution in [0.15, 0.2) is 42.5 Å². The van der Waals surface area contributed by atoms with Crippen LogP contribution >= 0.6 is 0 Å². The van der Waals surface area contributed by atoms with E-state index in [4.69, 9.17) is 4.74 Å². The summed E-state index contributed by atoms with van der Waals surface area (Å²) < 4.78 is 5.44. The molecule has 0 aliphatic heterocycles. The number of fused-ring (bicyclic) bond motifs is 1. The highest BCUT2D eigenvalue weighted by Crippen LogP contribution is 2.27. The zero-order valence-corrected chi connectivity index (χ0v) is 17.0. The molecule has 0 heterocycles. The Morgan fingerprint density at radius 3 is 2.50 bits per heavy atom. The second kappa shape index (κ2) is 9.05. The molecule has 0 unspecified atom stereocenters. The molecule has 28 heavy (non-hydrogen) atoms. The number of carbonyl (C=O) groups is 2. The van der Waals surface area contributed by atoms with Gasteiger partial charge in [0.25, 0.3) is 5.91 Å². The largest absolute Gasteiger partial charge is 0.449 e. The van der Waals surface area contributed by atoms with E-state index in [0.29, 0.717) is 11.5 Å². The lowest BCUT2D eigenvalue weighted by atomic mass is 9.90. The van der Waals surface area contributed by atoms with Gasteiger partial charge in [-0.25, -0.2) is 4.79 Å². The number of aryl methyl sites for hydroxylation is 2. The van der Waals surface area contributed by atoms with E-state index in [9.17, 15) is 9.59 Å². The van der Waals surface area contributed by atoms with Gasteiger partial charge in [0.15, 0.2) is 6.10 Å². The van der Waals surface area contributed by atoms with Crippen LogP contribution in [0.5, 0.6) is 0 Å². The lowest BCUT2D eigenvalue weighted by Crippen LogP contribution is -2.30. The van der Waals surface area contributed by atoms with Crippen molar-refractivity contribution < 1.29 is 14.3 Å². The number of esters is 1. The van der Waals surface area contributed by atoms with Crippen LogP contribution in [-0.2, 0) is 22.4 Å². The summed E-state index contributed by atoms with van der Waals surface area (Å²) in [5.74, 6) is -0.432. The highest BCUT2D eigenvalue weighted by molar-refractivity contribution is 5.97. The molecule has 0 bridgehead atoms. The van der Waals surface area contributed by atoms with Gasteiger partial charge in [-0.2, -0.15) is 0 Å². The fourth-order valence-corrected chi connectivity index (χ4v) is 3.64. The molecular formula is C24H29NO3. The highest BCUT2D eigenvalue weighted by Gasteiger charge is 2.21. The maximum absolute atomic E-state index is 12.6. The van der Waals surface area contributed by atoms with Gasteiger partial charge in [-0.15, -0.1) is 0 Å². The summed E-state index contributed by atoms with van der Waals surface area (Å²) in [6.07, 6.45) is 4.54. The number of rotatable bonds is 6. The van der Waals surface area contributed by atoms with Gasteiger partial charge in [0.05, 0.1) is 5.56 Å². The summed E-state index contributed by atoms with van der Waals surface area (Å²) >= 11 is 0. The molecule has 1 aliphatic carbocycles. The molecule has 2 aromatic rings. The molecule has 0 fully saturated rings. The third-order valence-corrected chi connectivity index (χ3v) is 5.60. The van der Waals surface area contributed by atoms with Crippen LogP contribution in [-0.4, -0.2) is 18.0 Å². The molecule has 1 N–H and O–H groups in total. The summed E-state index contributed by atoms with van der Waals surface area (Å²) in [5.41, 5.74) is 4.92. The quantitative estimate of drug-likeness (QED) is 0.696. The van der Waals surface area contributed by atoms with Crippen LogP contribution in [0, 0.1) is 0 Å². The molecule has 0 saturated carbocycles. The molecule has 0 saturated heterocycles. The van der Waals surface area contributed by atoms with Gasteiger partial charge in [0.2, 0.25) is 0 Å². The molecule has 0 spiro atoms. The van der Waals surface area contributed by atoms with Gasteiger partial charge >= 0.3 is 5.97 Å². The van der Waals surface area contributed by atoms with Crippen molar-refractivity contribution in [2.45, 2.75) is 64.9 Å². The third-order valence-electron chi connectivity index (χ3n) is 5.60. The van der Waals surface area contributed by atoms with E-state index in [2.05, 4.69) is 19.2 Å². The lowest BCUT2D eigenvalue weighted by Gasteiger charge is -2.19. The average molecular weight is 380 g/mol. The number of amides is 1. The van der Waals surface area contributed by atoms with Gasteiger partial charge in [-0.1, -0.05) is 38.1 Å². The van der Waals surface area contributed by atoms with Crippen molar-refractivity contribution >= 4 is 17.6 Å². The van der Waals surface area contributed by atoms with Crippen molar-refractivity contribution in [2.75, 3.05) is 5.32 Å². The van der Waals surface area contributed by atoms with E-state index in [1.165, 1.54) is 17.5 Å². The summed E-state index contributed by atoms with van der Waals surface area (Å²) in [5, 5.41) is 2.92. The average Bonchev–Trinajstić information content (AvgIpc) is 2.73. The van der Waals surface area contributed by atoms with Gasteiger partial charge in [0.1, 0.15) is 0 Å². The number of nitrogens with one attached hydrogen (secondary N) is 1. The second-order valence-corrected chi connectivity index (χ2v) is 7.62. The van der Waals surface area contributed by atoms with Crippen LogP contribution < -0.4 is 5.32 Å². The number of benzene rings is 2. The summed E-state index contributed by atoms with van der Waals surface area (Å²) in [6.45, 7) is 5.86. The fourth-order valence-electron chi connectivity index (χ4n) is 3.64. The monoisotopic (exact) mass is 379 g/mol. The van der Waals surface area contributed by atoms with Crippen LogP contribution in [0.4, 0.5) is 5.69 Å². The number of ether oxygens (including phenoxy) is 1. The Hall–Kier alpha value is -2.62. The Balaban J connectivity index is 1.65. The molecule has 2 atom stereocenters. The van der Waals surface area contributed by atoms with Crippen LogP contribution in [0.25, 0.3) is 0 Å². The first kappa shape index (κ1) is 20.1. The molecule has 2 aromatic carbocycles. The molecule has 1 amide bonds. The van der Waals surface area contributed by atoms with Crippen LogP contribution in [0.1, 0.15) is 73.0 Å². The van der Waals surface area contributed by atoms with Gasteiger partial charge < -0.3 is 10.1 Å². The molecule has 1 aliphatic rings. The Bertz CT molecular complexity index is 859. The molecule has 0 aromatic heterocycles. The minimum Gasteiger partial charge on any atom is -0.449 e. The maximum atomic E-state index is 12.6. The lowest BCUT2D eigenvalue weighted by molar-refractivity contribution is -0.123. The Morgan fingerprint density at radius 2 is 1.75 bits per heavy atom. The van der Waals surface area contributed by atoms with Crippen molar-refractivity contribution in [1.82, 2.24) is 0 Å². The predicted octanol–water partition coefficient (Wildman–Crippen LogP) is 5.26. The van der Waals surface area contributed by atoms with E-state index in [1.807, 2.05) is 36.4 Å². The highest BCUT2D eigenvalue weighted by atomic mass is 16.5. The zero-order valence-electron chi connectivity index (χ0n) is 17.0. The summed E-state index contributed by atoms with van der Waals surface area (Å²) in [4.78, 5) is 25.1. The maximum Gasteiger partial charge on any atom is 0.338 e. The Labute approximate surface area is 167 Å². The number of anilines is 1. The van der Waals surface area contributed by atoms with E-state index in [1.54, 1.807) is 13.0 Å². The molecule has 4 heteroatoms. The number of carbonyl (C=O) groups excluding carboxylic acids is 2. The van der Waals surface area contributed by atoms with E-state index < -0.39 is 12.1 Å². The Morgan fingerprint density at radius 1 is 1.04 bits per heavy atom. The normalized spacial score (nSPS) is 15.2. The molecule has 4 nitrogen and oxygen atoms in total. The number of para-hydroxylation sites is 1. The third kappa shape index (κ3) is 4.61. The summed E-state index contributed by atoms with van der Waals surface area (Å²) in [6, 6.07) is 13.5. The van der Waals surface area contributed by atoms with Crippen molar-refractivity contribution in [3.63, 3.8) is 0 Å². The fraction of sp³-hybridized carbons (Fsp3) is 0.417. The zero-order chi connectivity index (χ0) is 20.1. The first-order valence-electron chi connectivity index (χ1n) is 10.2. The van der Waals surface area contributed by atoms with E-state index in [0.717, 1.165) is 36.9 Å². The number of hydrogen-bond donors (Lipinski definition) is 1. The van der Waals surface area contributed by atoms with Crippen molar-refractivity contribution in [1.29, 1.82) is 0 Å². The first-order valence-corrected chi connectivity index (χ1v) is 10.2. The first-order chi connectivity index (χ1) is 13.5. The molecule has 3 rings (SSSR count). The van der Waals surface area contributed by atoms with Gasteiger partial charge in [0, 0.05) is 5.69 Å². The predicted molar refractivity (Wildman–Crippen MR) is 112 cm³/mol. The van der Waals surface area contributed by atoms with Crippen molar-refractivity contribution in [2.24, 2.45) is 0 Å². The minimum atomic E-state index is -0.867. The van der Waals surface area contributed by atoms with E-state index >= 15 is 0 Å². The van der Waals surface area contributed by atoms with Crippen LogP contribution in [0.2, 0.25) is 0 Å². The molecule has 0 radical (unpaired) electrons. The molecular weight excluding hydrogens is 350 g/mol. The molecule has 148 valence electrons. The van der Waals surface area contributed by atoms with Crippen molar-refractivity contribution in [3.8, 4) is 0 Å². The van der Waals surface area contributed by atoms with Gasteiger partial charge in [-0.05, 0) is 79.8 Å². The SMILES string of the molecule is CC[C@H](C)c1ccccc1NC(=O)[C@@H](C)OC(=O)c1ccc2c(c1)CCCC2. The number of hydrogen-bond acceptors (Lipinski definition) is 3.